The molecule has 0 fully saturated rings. The van der Waals surface area contributed by atoms with Gasteiger partial charge < -0.3 is 16.2 Å². The Morgan fingerprint density at radius 3 is 2.93 bits per heavy atom. The molecule has 80 valence electrons. The van der Waals surface area contributed by atoms with Gasteiger partial charge in [0.25, 0.3) is 0 Å². The lowest BCUT2D eigenvalue weighted by Gasteiger charge is -2.01. The molecule has 0 aliphatic rings. The van der Waals surface area contributed by atoms with Crippen molar-refractivity contribution >= 4 is 17.7 Å². The molecule has 0 aliphatic heterocycles. The maximum atomic E-state index is 10.6. The second-order valence-electron chi connectivity index (χ2n) is 3.15. The highest BCUT2D eigenvalue weighted by Gasteiger charge is 1.95. The SMILES string of the molecule is CC(=O)NCC=Cc1ccc(O)cc1N. The van der Waals surface area contributed by atoms with E-state index in [-0.39, 0.29) is 11.7 Å². The molecule has 0 aromatic heterocycles. The Labute approximate surface area is 88.4 Å². The standard InChI is InChI=1S/C11H14N2O2/c1-8(14)13-6-2-3-9-4-5-10(15)7-11(9)12/h2-5,7,15H,6,12H2,1H3,(H,13,14). The van der Waals surface area contributed by atoms with Gasteiger partial charge in [0.15, 0.2) is 0 Å². The average molecular weight is 206 g/mol. The van der Waals surface area contributed by atoms with E-state index in [0.29, 0.717) is 12.2 Å². The van der Waals surface area contributed by atoms with E-state index in [1.165, 1.54) is 13.0 Å². The molecule has 0 bridgehead atoms. The van der Waals surface area contributed by atoms with Crippen LogP contribution in [0.4, 0.5) is 5.69 Å². The molecular weight excluding hydrogens is 192 g/mol. The highest BCUT2D eigenvalue weighted by molar-refractivity contribution is 5.73. The third-order valence-corrected chi connectivity index (χ3v) is 1.84. The number of amides is 1. The van der Waals surface area contributed by atoms with Crippen LogP contribution in [0.2, 0.25) is 0 Å². The Morgan fingerprint density at radius 1 is 1.60 bits per heavy atom. The number of hydrogen-bond acceptors (Lipinski definition) is 3. The van der Waals surface area contributed by atoms with Crippen molar-refractivity contribution < 1.29 is 9.90 Å². The number of phenolic OH excluding ortho intramolecular Hbond substituents is 1. The van der Waals surface area contributed by atoms with Crippen molar-refractivity contribution in [1.29, 1.82) is 0 Å². The van der Waals surface area contributed by atoms with E-state index in [1.54, 1.807) is 24.3 Å². The molecule has 0 unspecified atom stereocenters. The van der Waals surface area contributed by atoms with E-state index in [1.807, 2.05) is 0 Å². The zero-order chi connectivity index (χ0) is 11.3. The summed E-state index contributed by atoms with van der Waals surface area (Å²) in [7, 11) is 0. The maximum Gasteiger partial charge on any atom is 0.217 e. The largest absolute Gasteiger partial charge is 0.508 e. The van der Waals surface area contributed by atoms with Crippen molar-refractivity contribution in [2.45, 2.75) is 6.92 Å². The molecule has 4 N–H and O–H groups in total. The van der Waals surface area contributed by atoms with Gasteiger partial charge in [0.1, 0.15) is 5.75 Å². The van der Waals surface area contributed by atoms with Crippen molar-refractivity contribution in [3.8, 4) is 5.75 Å². The smallest absolute Gasteiger partial charge is 0.217 e. The lowest BCUT2D eigenvalue weighted by atomic mass is 10.1. The molecule has 4 nitrogen and oxygen atoms in total. The molecule has 0 saturated carbocycles. The van der Waals surface area contributed by atoms with Crippen molar-refractivity contribution in [2.75, 3.05) is 12.3 Å². The summed E-state index contributed by atoms with van der Waals surface area (Å²) in [5.74, 6) is 0.0739. The third-order valence-electron chi connectivity index (χ3n) is 1.84. The third kappa shape index (κ3) is 3.72. The second kappa shape index (κ2) is 5.05. The predicted molar refractivity (Wildman–Crippen MR) is 60.2 cm³/mol. The van der Waals surface area contributed by atoms with Gasteiger partial charge in [0.05, 0.1) is 0 Å². The van der Waals surface area contributed by atoms with Gasteiger partial charge in [-0.15, -0.1) is 0 Å². The summed E-state index contributed by atoms with van der Waals surface area (Å²) in [6.07, 6.45) is 3.59. The number of carbonyl (C=O) groups excluding carboxylic acids is 1. The maximum absolute atomic E-state index is 10.6. The van der Waals surface area contributed by atoms with Crippen molar-refractivity contribution in [1.82, 2.24) is 5.32 Å². The first kappa shape index (κ1) is 11.1. The van der Waals surface area contributed by atoms with Gasteiger partial charge >= 0.3 is 0 Å². The number of phenols is 1. The molecule has 0 heterocycles. The normalized spacial score (nSPS) is 10.5. The van der Waals surface area contributed by atoms with E-state index in [9.17, 15) is 4.79 Å². The molecule has 0 aliphatic carbocycles. The van der Waals surface area contributed by atoms with E-state index in [4.69, 9.17) is 10.8 Å². The quantitative estimate of drug-likeness (QED) is 0.649. The monoisotopic (exact) mass is 206 g/mol. The Morgan fingerprint density at radius 2 is 2.33 bits per heavy atom. The minimum Gasteiger partial charge on any atom is -0.508 e. The summed E-state index contributed by atoms with van der Waals surface area (Å²) < 4.78 is 0. The first-order valence-corrected chi connectivity index (χ1v) is 4.59. The summed E-state index contributed by atoms with van der Waals surface area (Å²) in [5.41, 5.74) is 6.99. The van der Waals surface area contributed by atoms with Crippen LogP contribution in [0.1, 0.15) is 12.5 Å². The Kier molecular flexibility index (Phi) is 3.74. The molecule has 1 aromatic carbocycles. The topological polar surface area (TPSA) is 75.3 Å². The van der Waals surface area contributed by atoms with Gasteiger partial charge in [-0.3, -0.25) is 4.79 Å². The molecule has 15 heavy (non-hydrogen) atoms. The van der Waals surface area contributed by atoms with Crippen molar-refractivity contribution in [3.63, 3.8) is 0 Å². The van der Waals surface area contributed by atoms with Crippen LogP contribution in [0.25, 0.3) is 6.08 Å². The van der Waals surface area contributed by atoms with Gasteiger partial charge in [-0.2, -0.15) is 0 Å². The number of nitrogens with one attached hydrogen (secondary N) is 1. The van der Waals surface area contributed by atoms with Gasteiger partial charge in [0, 0.05) is 25.2 Å². The number of rotatable bonds is 3. The molecule has 1 aromatic rings. The Hall–Kier alpha value is -1.97. The van der Waals surface area contributed by atoms with E-state index in [2.05, 4.69) is 5.32 Å². The number of benzene rings is 1. The minimum atomic E-state index is -0.0710. The summed E-state index contributed by atoms with van der Waals surface area (Å²) >= 11 is 0. The van der Waals surface area contributed by atoms with Crippen LogP contribution in [0.15, 0.2) is 24.3 Å². The van der Waals surface area contributed by atoms with Crippen LogP contribution >= 0.6 is 0 Å². The number of anilines is 1. The first-order valence-electron chi connectivity index (χ1n) is 4.59. The van der Waals surface area contributed by atoms with Gasteiger partial charge in [-0.25, -0.2) is 0 Å². The zero-order valence-corrected chi connectivity index (χ0v) is 8.53. The summed E-state index contributed by atoms with van der Waals surface area (Å²) in [4.78, 5) is 10.6. The molecule has 0 atom stereocenters. The van der Waals surface area contributed by atoms with Crippen LogP contribution in [0.5, 0.6) is 5.75 Å². The van der Waals surface area contributed by atoms with Crippen LogP contribution in [0.3, 0.4) is 0 Å². The second-order valence-corrected chi connectivity index (χ2v) is 3.15. The fraction of sp³-hybridized carbons (Fsp3) is 0.182. The van der Waals surface area contributed by atoms with Crippen LogP contribution < -0.4 is 11.1 Å². The van der Waals surface area contributed by atoms with E-state index in [0.717, 1.165) is 5.56 Å². The van der Waals surface area contributed by atoms with E-state index < -0.39 is 0 Å². The van der Waals surface area contributed by atoms with Crippen molar-refractivity contribution in [2.24, 2.45) is 0 Å². The van der Waals surface area contributed by atoms with Crippen LogP contribution in [-0.4, -0.2) is 17.6 Å². The molecule has 1 rings (SSSR count). The van der Waals surface area contributed by atoms with Crippen LogP contribution in [-0.2, 0) is 4.79 Å². The van der Waals surface area contributed by atoms with Crippen LogP contribution in [0, 0.1) is 0 Å². The van der Waals surface area contributed by atoms with Gasteiger partial charge in [-0.1, -0.05) is 12.2 Å². The Bertz CT molecular complexity index is 386. The number of nitrogens with two attached hydrogens (primary N) is 1. The van der Waals surface area contributed by atoms with Gasteiger partial charge in [0.2, 0.25) is 5.91 Å². The number of nitrogen functional groups attached to an aromatic ring is 1. The summed E-state index contributed by atoms with van der Waals surface area (Å²) in [6, 6.07) is 4.77. The predicted octanol–water partition coefficient (Wildman–Crippen LogP) is 1.12. The molecule has 0 radical (unpaired) electrons. The number of carbonyl (C=O) groups is 1. The summed E-state index contributed by atoms with van der Waals surface area (Å²) in [5, 5.41) is 11.8. The average Bonchev–Trinajstić information content (AvgIpc) is 2.14. The lowest BCUT2D eigenvalue weighted by molar-refractivity contribution is -0.118. The fourth-order valence-electron chi connectivity index (χ4n) is 1.10. The fourth-order valence-corrected chi connectivity index (χ4v) is 1.10. The number of hydrogen-bond donors (Lipinski definition) is 3. The van der Waals surface area contributed by atoms with Gasteiger partial charge in [-0.05, 0) is 17.7 Å². The summed E-state index contributed by atoms with van der Waals surface area (Å²) in [6.45, 7) is 1.93. The highest BCUT2D eigenvalue weighted by atomic mass is 16.3. The molecule has 0 saturated heterocycles. The molecule has 4 heteroatoms. The minimum absolute atomic E-state index is 0.0710. The lowest BCUT2D eigenvalue weighted by Crippen LogP contribution is -2.19. The van der Waals surface area contributed by atoms with Crippen molar-refractivity contribution in [3.05, 3.63) is 29.8 Å². The molecule has 1 amide bonds. The Balaban J connectivity index is 2.60. The van der Waals surface area contributed by atoms with E-state index >= 15 is 0 Å². The zero-order valence-electron chi connectivity index (χ0n) is 8.53. The highest BCUT2D eigenvalue weighted by Crippen LogP contribution is 2.19. The first-order chi connectivity index (χ1) is 7.09. The number of aromatic hydroxyl groups is 1. The molecule has 0 spiro atoms. The molecular formula is C11H14N2O2.